The molecule has 7 heteroatoms. The van der Waals surface area contributed by atoms with Crippen LogP contribution in [-0.4, -0.2) is 29.9 Å². The maximum atomic E-state index is 13.4. The number of allylic oxidation sites excluding steroid dienone is 2. The number of nitrogens with one attached hydrogen (secondary N) is 1. The van der Waals surface area contributed by atoms with Crippen LogP contribution in [0.15, 0.2) is 24.4 Å². The minimum atomic E-state index is -4.53. The minimum absolute atomic E-state index is 0.813. The van der Waals surface area contributed by atoms with Crippen LogP contribution >= 0.6 is 0 Å². The summed E-state index contributed by atoms with van der Waals surface area (Å²) in [5, 5.41) is 2.35. The molecule has 106 valence electrons. The first-order valence-electron chi connectivity index (χ1n) is 6.06. The number of hydrogen-bond acceptors (Lipinski definition) is 3. The predicted molar refractivity (Wildman–Crippen MR) is 66.3 cm³/mol. The average molecular weight is 275 g/mol. The van der Waals surface area contributed by atoms with E-state index in [9.17, 15) is 13.2 Å². The Morgan fingerprint density at radius 1 is 1.00 bits per heavy atom. The summed E-state index contributed by atoms with van der Waals surface area (Å²) in [6, 6.07) is 0. The van der Waals surface area contributed by atoms with E-state index in [4.69, 9.17) is 9.31 Å². The predicted octanol–water partition coefficient (Wildman–Crippen LogP) is 2.59. The molecular formula is C12H17BF3NO2. The molecule has 0 bridgehead atoms. The van der Waals surface area contributed by atoms with Crippen molar-refractivity contribution < 1.29 is 22.5 Å². The molecular weight excluding hydrogens is 258 g/mol. The van der Waals surface area contributed by atoms with E-state index in [1.165, 1.54) is 18.4 Å². The summed E-state index contributed by atoms with van der Waals surface area (Å²) in [5.41, 5.74) is -3.98. The molecule has 1 atom stereocenters. The molecule has 0 aliphatic carbocycles. The monoisotopic (exact) mass is 275 g/mol. The number of hydrogen-bond donors (Lipinski definition) is 1. The number of alkyl halides is 3. The largest absolute Gasteiger partial charge is 0.499 e. The molecule has 1 fully saturated rings. The first-order valence-corrected chi connectivity index (χ1v) is 6.06. The molecule has 1 N–H and O–H groups in total. The summed E-state index contributed by atoms with van der Waals surface area (Å²) in [6.45, 7) is 6.89. The topological polar surface area (TPSA) is 30.5 Å². The number of dihydropyridines is 1. The van der Waals surface area contributed by atoms with Gasteiger partial charge in [0.1, 0.15) is 0 Å². The lowest BCUT2D eigenvalue weighted by Gasteiger charge is -2.36. The van der Waals surface area contributed by atoms with E-state index in [0.29, 0.717) is 0 Å². The molecule has 2 rings (SSSR count). The number of rotatable bonds is 1. The van der Waals surface area contributed by atoms with Crippen molar-refractivity contribution in [2.24, 2.45) is 0 Å². The molecule has 1 saturated heterocycles. The normalized spacial score (nSPS) is 32.5. The van der Waals surface area contributed by atoms with E-state index in [0.717, 1.165) is 6.08 Å². The van der Waals surface area contributed by atoms with Gasteiger partial charge in [0, 0.05) is 0 Å². The van der Waals surface area contributed by atoms with Crippen LogP contribution < -0.4 is 5.32 Å². The SMILES string of the molecule is CC1(C)OB(C2(C(F)(F)F)C=CC=CN2)OC1(C)C. The minimum Gasteiger partial charge on any atom is -0.401 e. The molecule has 2 heterocycles. The summed E-state index contributed by atoms with van der Waals surface area (Å²) >= 11 is 0. The highest BCUT2D eigenvalue weighted by atomic mass is 19.4. The van der Waals surface area contributed by atoms with Gasteiger partial charge in [-0.1, -0.05) is 12.2 Å². The molecule has 2 aliphatic rings. The van der Waals surface area contributed by atoms with Crippen LogP contribution in [0.3, 0.4) is 0 Å². The highest BCUT2D eigenvalue weighted by Crippen LogP contribution is 2.45. The fraction of sp³-hybridized carbons (Fsp3) is 0.667. The van der Waals surface area contributed by atoms with Crippen LogP contribution in [0.25, 0.3) is 0 Å². The van der Waals surface area contributed by atoms with Crippen molar-refractivity contribution in [3.05, 3.63) is 24.4 Å². The van der Waals surface area contributed by atoms with Gasteiger partial charge in [0.05, 0.1) is 11.2 Å². The van der Waals surface area contributed by atoms with Crippen molar-refractivity contribution in [2.75, 3.05) is 0 Å². The summed E-state index contributed by atoms with van der Waals surface area (Å²) < 4.78 is 51.4. The van der Waals surface area contributed by atoms with Gasteiger partial charge in [0.2, 0.25) is 0 Å². The van der Waals surface area contributed by atoms with E-state index < -0.39 is 29.9 Å². The smallest absolute Gasteiger partial charge is 0.401 e. The third kappa shape index (κ3) is 2.09. The van der Waals surface area contributed by atoms with Gasteiger partial charge in [-0.05, 0) is 40.0 Å². The van der Waals surface area contributed by atoms with Crippen LogP contribution in [0.5, 0.6) is 0 Å². The van der Waals surface area contributed by atoms with Crippen molar-refractivity contribution >= 4 is 7.12 Å². The molecule has 0 spiro atoms. The molecule has 1 unspecified atom stereocenters. The summed E-state index contributed by atoms with van der Waals surface area (Å²) in [6.07, 6.45) is 0.591. The van der Waals surface area contributed by atoms with Crippen molar-refractivity contribution in [3.63, 3.8) is 0 Å². The summed E-state index contributed by atoms with van der Waals surface area (Å²) in [4.78, 5) is 0. The Labute approximate surface area is 111 Å². The van der Waals surface area contributed by atoms with Gasteiger partial charge < -0.3 is 14.6 Å². The lowest BCUT2D eigenvalue weighted by molar-refractivity contribution is -0.163. The van der Waals surface area contributed by atoms with Crippen LogP contribution in [0, 0.1) is 0 Å². The molecule has 19 heavy (non-hydrogen) atoms. The molecule has 0 aromatic rings. The second-order valence-corrected chi connectivity index (χ2v) is 5.82. The standard InChI is InChI=1S/C12H17BF3NO2/c1-9(2)10(3,4)19-13(18-9)11(12(14,15)16)7-5-6-8-17-11/h5-8,17H,1-4H3. The highest BCUT2D eigenvalue weighted by molar-refractivity contribution is 6.51. The maximum absolute atomic E-state index is 13.4. The van der Waals surface area contributed by atoms with Crippen LogP contribution in [0.1, 0.15) is 27.7 Å². The summed E-state index contributed by atoms with van der Waals surface area (Å²) in [7, 11) is -1.43. The van der Waals surface area contributed by atoms with Gasteiger partial charge in [0.15, 0.2) is 5.44 Å². The van der Waals surface area contributed by atoms with Crippen molar-refractivity contribution in [3.8, 4) is 0 Å². The van der Waals surface area contributed by atoms with Gasteiger partial charge in [-0.2, -0.15) is 13.2 Å². The first kappa shape index (κ1) is 14.5. The Kier molecular flexibility index (Phi) is 3.06. The van der Waals surface area contributed by atoms with Gasteiger partial charge in [-0.15, -0.1) is 0 Å². The zero-order valence-electron chi connectivity index (χ0n) is 11.3. The molecule has 3 nitrogen and oxygen atoms in total. The maximum Gasteiger partial charge on any atom is 0.499 e. The second-order valence-electron chi connectivity index (χ2n) is 5.82. The lowest BCUT2D eigenvalue weighted by atomic mass is 9.62. The molecule has 0 aromatic carbocycles. The van der Waals surface area contributed by atoms with E-state index in [1.807, 2.05) is 0 Å². The first-order chi connectivity index (χ1) is 8.52. The Morgan fingerprint density at radius 2 is 1.53 bits per heavy atom. The quantitative estimate of drug-likeness (QED) is 0.746. The molecule has 0 radical (unpaired) electrons. The molecule has 0 saturated carbocycles. The van der Waals surface area contributed by atoms with Crippen LogP contribution in [0.4, 0.5) is 13.2 Å². The van der Waals surface area contributed by atoms with Crippen molar-refractivity contribution in [2.45, 2.75) is 50.5 Å². The van der Waals surface area contributed by atoms with Gasteiger partial charge >= 0.3 is 13.3 Å². The van der Waals surface area contributed by atoms with Crippen molar-refractivity contribution in [1.29, 1.82) is 0 Å². The number of halogens is 3. The van der Waals surface area contributed by atoms with Crippen LogP contribution in [0.2, 0.25) is 0 Å². The summed E-state index contributed by atoms with van der Waals surface area (Å²) in [5.74, 6) is 0. The van der Waals surface area contributed by atoms with Gasteiger partial charge in [-0.25, -0.2) is 0 Å². The van der Waals surface area contributed by atoms with Gasteiger partial charge in [0.25, 0.3) is 0 Å². The third-order valence-electron chi connectivity index (χ3n) is 3.98. The molecule has 0 amide bonds. The zero-order chi connectivity index (χ0) is 14.5. The Balaban J connectivity index is 2.39. The average Bonchev–Trinajstić information content (AvgIpc) is 2.48. The fourth-order valence-electron chi connectivity index (χ4n) is 1.98. The van der Waals surface area contributed by atoms with E-state index in [1.54, 1.807) is 27.7 Å². The Bertz CT molecular complexity index is 415. The second kappa shape index (κ2) is 4.02. The van der Waals surface area contributed by atoms with E-state index in [-0.39, 0.29) is 0 Å². The lowest BCUT2D eigenvalue weighted by Crippen LogP contribution is -2.65. The van der Waals surface area contributed by atoms with E-state index >= 15 is 0 Å². The Hall–Kier alpha value is -0.945. The fourth-order valence-corrected chi connectivity index (χ4v) is 1.98. The van der Waals surface area contributed by atoms with E-state index in [2.05, 4.69) is 5.32 Å². The molecule has 2 aliphatic heterocycles. The third-order valence-corrected chi connectivity index (χ3v) is 3.98. The zero-order valence-corrected chi connectivity index (χ0v) is 11.3. The van der Waals surface area contributed by atoms with Crippen molar-refractivity contribution in [1.82, 2.24) is 5.32 Å². The Morgan fingerprint density at radius 3 is 1.89 bits per heavy atom. The van der Waals surface area contributed by atoms with Crippen LogP contribution in [-0.2, 0) is 9.31 Å². The van der Waals surface area contributed by atoms with Gasteiger partial charge in [-0.3, -0.25) is 0 Å². The molecule has 0 aromatic heterocycles. The highest BCUT2D eigenvalue weighted by Gasteiger charge is 2.69.